The van der Waals surface area contributed by atoms with Gasteiger partial charge in [-0.1, -0.05) is 26.8 Å². The Hall–Kier alpha value is -1.09. The fraction of sp³-hybridized carbons (Fsp3) is 0.762. The van der Waals surface area contributed by atoms with Crippen molar-refractivity contribution in [1.29, 1.82) is 0 Å². The van der Waals surface area contributed by atoms with Crippen LogP contribution in [0.25, 0.3) is 0 Å². The largest absolute Gasteiger partial charge is 0.501 e. The molecule has 1 N–H and O–H groups in total. The lowest BCUT2D eigenvalue weighted by Crippen LogP contribution is -2.62. The van der Waals surface area contributed by atoms with E-state index in [1.165, 1.54) is 5.57 Å². The number of hydrogen-bond donors (Lipinski definition) is 1. The number of carbonyl (C=O) groups excluding carboxylic acids is 1. The molecule has 0 bridgehead atoms. The van der Waals surface area contributed by atoms with Crippen LogP contribution >= 0.6 is 0 Å². The molecule has 4 aliphatic carbocycles. The minimum atomic E-state index is -0.693. The predicted octanol–water partition coefficient (Wildman–Crippen LogP) is 4.02. The third-order valence-electron chi connectivity index (χ3n) is 8.20. The number of fused-ring (bicyclic) bond motifs is 5. The third kappa shape index (κ3) is 1.80. The van der Waals surface area contributed by atoms with Crippen molar-refractivity contribution in [3.8, 4) is 0 Å². The highest BCUT2D eigenvalue weighted by molar-refractivity contribution is 5.89. The molecule has 0 saturated heterocycles. The molecule has 0 aromatic carbocycles. The SMILES string of the molecule is COC1=CC2=CC[C@H]3[C@@H]4C[C@H](C)C(=O)[C@@]4(C)CCC3(O)[C@@]2(C)CC1. The summed E-state index contributed by atoms with van der Waals surface area (Å²) in [6, 6.07) is 0. The third-order valence-corrected chi connectivity index (χ3v) is 8.20. The van der Waals surface area contributed by atoms with E-state index in [0.29, 0.717) is 11.7 Å². The number of hydrogen-bond acceptors (Lipinski definition) is 3. The summed E-state index contributed by atoms with van der Waals surface area (Å²) in [5.74, 6) is 2.12. The molecular weight excluding hydrogens is 300 g/mol. The lowest BCUT2D eigenvalue weighted by atomic mass is 9.46. The van der Waals surface area contributed by atoms with E-state index in [4.69, 9.17) is 4.74 Å². The number of methoxy groups -OCH3 is 1. The minimum Gasteiger partial charge on any atom is -0.501 e. The van der Waals surface area contributed by atoms with Gasteiger partial charge in [0.25, 0.3) is 0 Å². The molecule has 3 nitrogen and oxygen atoms in total. The quantitative estimate of drug-likeness (QED) is 0.790. The van der Waals surface area contributed by atoms with Crippen molar-refractivity contribution in [2.45, 2.75) is 64.9 Å². The Morgan fingerprint density at radius 1 is 1.21 bits per heavy atom. The Labute approximate surface area is 145 Å². The molecule has 0 heterocycles. The van der Waals surface area contributed by atoms with E-state index in [1.807, 2.05) is 0 Å². The Morgan fingerprint density at radius 3 is 2.67 bits per heavy atom. The Balaban J connectivity index is 1.78. The summed E-state index contributed by atoms with van der Waals surface area (Å²) in [7, 11) is 1.73. The number of rotatable bonds is 1. The maximum atomic E-state index is 12.8. The molecule has 0 amide bonds. The first-order valence-corrected chi connectivity index (χ1v) is 9.48. The molecule has 24 heavy (non-hydrogen) atoms. The molecule has 2 fully saturated rings. The van der Waals surface area contributed by atoms with Crippen molar-refractivity contribution in [2.24, 2.45) is 28.6 Å². The first-order chi connectivity index (χ1) is 11.3. The summed E-state index contributed by atoms with van der Waals surface area (Å²) >= 11 is 0. The van der Waals surface area contributed by atoms with Crippen molar-refractivity contribution in [3.05, 3.63) is 23.5 Å². The van der Waals surface area contributed by atoms with Gasteiger partial charge in [-0.2, -0.15) is 0 Å². The molecule has 0 radical (unpaired) electrons. The van der Waals surface area contributed by atoms with Crippen LogP contribution in [0, 0.1) is 28.6 Å². The molecule has 1 unspecified atom stereocenters. The summed E-state index contributed by atoms with van der Waals surface area (Å²) in [5.41, 5.74) is 0.112. The topological polar surface area (TPSA) is 46.5 Å². The number of Topliss-reactive ketones (excluding diaryl/α,β-unsaturated/α-hetero) is 1. The van der Waals surface area contributed by atoms with Crippen molar-refractivity contribution in [3.63, 3.8) is 0 Å². The van der Waals surface area contributed by atoms with Gasteiger partial charge in [0.2, 0.25) is 0 Å². The molecule has 4 rings (SSSR count). The summed E-state index contributed by atoms with van der Waals surface area (Å²) in [6.45, 7) is 6.47. The van der Waals surface area contributed by atoms with Crippen LogP contribution in [0.3, 0.4) is 0 Å². The van der Waals surface area contributed by atoms with Gasteiger partial charge in [-0.25, -0.2) is 0 Å². The van der Waals surface area contributed by atoms with Gasteiger partial charge in [-0.15, -0.1) is 0 Å². The molecule has 2 saturated carbocycles. The van der Waals surface area contributed by atoms with E-state index >= 15 is 0 Å². The molecule has 0 spiro atoms. The number of ketones is 1. The summed E-state index contributed by atoms with van der Waals surface area (Å²) < 4.78 is 5.46. The van der Waals surface area contributed by atoms with E-state index in [1.54, 1.807) is 7.11 Å². The zero-order valence-electron chi connectivity index (χ0n) is 15.4. The lowest BCUT2D eigenvalue weighted by Gasteiger charge is -2.60. The smallest absolute Gasteiger partial charge is 0.141 e. The molecule has 0 aromatic heterocycles. The summed E-state index contributed by atoms with van der Waals surface area (Å²) in [6.07, 6.45) is 9.68. The zero-order valence-corrected chi connectivity index (χ0v) is 15.4. The van der Waals surface area contributed by atoms with Crippen molar-refractivity contribution in [2.75, 3.05) is 7.11 Å². The highest BCUT2D eigenvalue weighted by Crippen LogP contribution is 2.66. The Morgan fingerprint density at radius 2 is 1.96 bits per heavy atom. The summed E-state index contributed by atoms with van der Waals surface area (Å²) in [5, 5.41) is 11.9. The number of aliphatic hydroxyl groups is 1. The average Bonchev–Trinajstić information content (AvgIpc) is 2.79. The molecule has 0 aliphatic heterocycles. The van der Waals surface area contributed by atoms with Gasteiger partial charge >= 0.3 is 0 Å². The highest BCUT2D eigenvalue weighted by Gasteiger charge is 2.66. The summed E-state index contributed by atoms with van der Waals surface area (Å²) in [4.78, 5) is 12.8. The minimum absolute atomic E-state index is 0.145. The standard InChI is InChI=1S/C21H30O3/c1-13-11-17-16-6-5-14-12-15(24-4)7-8-20(14,3)21(16,23)10-9-19(17,2)18(13)22/h5,12-13,16-17,23H,6-11H2,1-4H3/t13-,16-,17-,19-,20-,21?/m0/s1. The fourth-order valence-electron chi connectivity index (χ4n) is 6.51. The maximum absolute atomic E-state index is 12.8. The van der Waals surface area contributed by atoms with Crippen molar-refractivity contribution < 1.29 is 14.6 Å². The second kappa shape index (κ2) is 4.97. The highest BCUT2D eigenvalue weighted by atomic mass is 16.5. The van der Waals surface area contributed by atoms with Crippen LogP contribution in [0.1, 0.15) is 59.3 Å². The average molecular weight is 330 g/mol. The second-order valence-corrected chi connectivity index (χ2v) is 9.10. The number of ether oxygens (including phenoxy) is 1. The molecule has 6 atom stereocenters. The lowest BCUT2D eigenvalue weighted by molar-refractivity contribution is -0.178. The van der Waals surface area contributed by atoms with E-state index in [-0.39, 0.29) is 22.7 Å². The molecule has 0 aromatic rings. The van der Waals surface area contributed by atoms with E-state index in [0.717, 1.165) is 44.3 Å². The number of allylic oxidation sites excluding steroid dienone is 3. The van der Waals surface area contributed by atoms with E-state index in [9.17, 15) is 9.90 Å². The van der Waals surface area contributed by atoms with Crippen LogP contribution in [-0.2, 0) is 9.53 Å². The maximum Gasteiger partial charge on any atom is 0.141 e. The molecule has 132 valence electrons. The second-order valence-electron chi connectivity index (χ2n) is 9.10. The van der Waals surface area contributed by atoms with Crippen molar-refractivity contribution >= 4 is 5.78 Å². The van der Waals surface area contributed by atoms with Gasteiger partial charge in [-0.3, -0.25) is 4.79 Å². The number of carbonyl (C=O) groups is 1. The van der Waals surface area contributed by atoms with E-state index < -0.39 is 5.60 Å². The van der Waals surface area contributed by atoms with Crippen LogP contribution in [-0.4, -0.2) is 23.6 Å². The van der Waals surface area contributed by atoms with Gasteiger partial charge < -0.3 is 9.84 Å². The van der Waals surface area contributed by atoms with Crippen LogP contribution in [0.2, 0.25) is 0 Å². The Bertz CT molecular complexity index is 647. The van der Waals surface area contributed by atoms with Crippen LogP contribution in [0.4, 0.5) is 0 Å². The molecule has 4 aliphatic rings. The first-order valence-electron chi connectivity index (χ1n) is 9.48. The van der Waals surface area contributed by atoms with Crippen molar-refractivity contribution in [1.82, 2.24) is 0 Å². The van der Waals surface area contributed by atoms with Crippen LogP contribution in [0.5, 0.6) is 0 Å². The van der Waals surface area contributed by atoms with Gasteiger partial charge in [-0.05, 0) is 55.6 Å². The molecule has 3 heteroatoms. The Kier molecular flexibility index (Phi) is 3.39. The van der Waals surface area contributed by atoms with E-state index in [2.05, 4.69) is 32.9 Å². The fourth-order valence-corrected chi connectivity index (χ4v) is 6.51. The first kappa shape index (κ1) is 16.4. The van der Waals surface area contributed by atoms with Gasteiger partial charge in [0, 0.05) is 23.2 Å². The van der Waals surface area contributed by atoms with Crippen LogP contribution < -0.4 is 0 Å². The zero-order chi connectivity index (χ0) is 17.3. The van der Waals surface area contributed by atoms with Gasteiger partial charge in [0.1, 0.15) is 5.78 Å². The van der Waals surface area contributed by atoms with Gasteiger partial charge in [0.05, 0.1) is 18.5 Å². The molecular formula is C21H30O3. The monoisotopic (exact) mass is 330 g/mol. The normalized spacial score (nSPS) is 50.4. The van der Waals surface area contributed by atoms with Gasteiger partial charge in [0.15, 0.2) is 0 Å². The van der Waals surface area contributed by atoms with Crippen LogP contribution in [0.15, 0.2) is 23.5 Å². The predicted molar refractivity (Wildman–Crippen MR) is 93.2 cm³/mol.